The Balaban J connectivity index is 2.02. The van der Waals surface area contributed by atoms with E-state index in [0.29, 0.717) is 15.4 Å². The zero-order valence-electron chi connectivity index (χ0n) is 14.7. The molecule has 2 N–H and O–H groups in total. The van der Waals surface area contributed by atoms with Gasteiger partial charge in [0.2, 0.25) is 15.9 Å². The number of amides is 1. The smallest absolute Gasteiger partial charge is 0.252 e. The van der Waals surface area contributed by atoms with Gasteiger partial charge in [-0.25, -0.2) is 13.1 Å². The first kappa shape index (κ1) is 20.2. The number of nitrogens with zero attached hydrogens (tertiary/aromatic N) is 1. The number of nitrogens with one attached hydrogen (secondary N) is 2. The highest BCUT2D eigenvalue weighted by Gasteiger charge is 2.19. The van der Waals surface area contributed by atoms with Crippen molar-refractivity contribution in [3.05, 3.63) is 53.9 Å². The van der Waals surface area contributed by atoms with Gasteiger partial charge < -0.3 is 10.5 Å². The second kappa shape index (κ2) is 8.52. The molecule has 7 nitrogen and oxygen atoms in total. The molecule has 0 saturated heterocycles. The predicted molar refractivity (Wildman–Crippen MR) is 101 cm³/mol. The second-order valence-corrected chi connectivity index (χ2v) is 8.99. The molecule has 0 aliphatic carbocycles. The minimum Gasteiger partial charge on any atom is -0.618 e. The lowest BCUT2D eigenvalue weighted by Crippen LogP contribution is -2.31. The average molecular weight is 396 g/mol. The highest BCUT2D eigenvalue weighted by molar-refractivity contribution is 8.00. The molecule has 0 aliphatic rings. The zero-order chi connectivity index (χ0) is 19.3. The largest absolute Gasteiger partial charge is 0.618 e. The second-order valence-electron chi connectivity index (χ2n) is 5.91. The summed E-state index contributed by atoms with van der Waals surface area (Å²) in [5.41, 5.74) is 0.481. The summed E-state index contributed by atoms with van der Waals surface area (Å²) in [5.74, 6) is -0.283. The molecule has 140 valence electrons. The number of hydrogen-bond donors (Lipinski definition) is 2. The Bertz CT molecular complexity index is 868. The van der Waals surface area contributed by atoms with Crippen molar-refractivity contribution in [1.29, 1.82) is 0 Å². The lowest BCUT2D eigenvalue weighted by atomic mass is 10.3. The molecule has 1 amide bonds. The number of carbonyl (C=O) groups excluding carboxylic acids is 1. The van der Waals surface area contributed by atoms with Crippen LogP contribution in [0.5, 0.6) is 0 Å². The number of hydrogen-bond acceptors (Lipinski definition) is 5. The fourth-order valence-corrected chi connectivity index (χ4v) is 4.18. The summed E-state index contributed by atoms with van der Waals surface area (Å²) in [7, 11) is -3.57. The maximum Gasteiger partial charge on any atom is 0.252 e. The predicted octanol–water partition coefficient (Wildman–Crippen LogP) is 2.13. The van der Waals surface area contributed by atoms with E-state index in [2.05, 4.69) is 10.0 Å². The van der Waals surface area contributed by atoms with Crippen molar-refractivity contribution in [3.8, 4) is 0 Å². The average Bonchev–Trinajstić information content (AvgIpc) is 2.56. The normalized spacial score (nSPS) is 12.8. The number of aromatic nitrogens is 1. The van der Waals surface area contributed by atoms with Crippen molar-refractivity contribution in [2.75, 3.05) is 5.32 Å². The zero-order valence-corrected chi connectivity index (χ0v) is 16.3. The van der Waals surface area contributed by atoms with Crippen molar-refractivity contribution in [2.45, 2.75) is 42.0 Å². The molecule has 2 aromatic rings. The maximum absolute atomic E-state index is 12.3. The minimum atomic E-state index is -3.57. The third-order valence-electron chi connectivity index (χ3n) is 3.28. The molecule has 9 heteroatoms. The SMILES string of the molecule is CC(C)NS(=O)(=O)c1ccc(NC(=O)C(C)Sc2cccc[n+]2[O-])cc1. The summed E-state index contributed by atoms with van der Waals surface area (Å²) >= 11 is 1.14. The first-order valence-electron chi connectivity index (χ1n) is 7.97. The number of anilines is 1. The molecule has 1 atom stereocenters. The van der Waals surface area contributed by atoms with Gasteiger partial charge in [0.25, 0.3) is 5.03 Å². The maximum atomic E-state index is 12.3. The number of rotatable bonds is 7. The van der Waals surface area contributed by atoms with Gasteiger partial charge in [-0.15, -0.1) is 0 Å². The topological polar surface area (TPSA) is 102 Å². The molecule has 0 radical (unpaired) electrons. The Labute approximate surface area is 157 Å². The van der Waals surface area contributed by atoms with Crippen molar-refractivity contribution in [1.82, 2.24) is 4.72 Å². The molecule has 1 aromatic carbocycles. The number of carbonyl (C=O) groups is 1. The molecule has 0 fully saturated rings. The van der Waals surface area contributed by atoms with Crippen molar-refractivity contribution >= 4 is 33.4 Å². The quantitative estimate of drug-likeness (QED) is 0.425. The van der Waals surface area contributed by atoms with Gasteiger partial charge >= 0.3 is 0 Å². The van der Waals surface area contributed by atoms with Crippen LogP contribution < -0.4 is 14.8 Å². The van der Waals surface area contributed by atoms with E-state index >= 15 is 0 Å². The van der Waals surface area contributed by atoms with Crippen LogP contribution in [0.4, 0.5) is 5.69 Å². The molecule has 0 aliphatic heterocycles. The van der Waals surface area contributed by atoms with E-state index in [1.54, 1.807) is 39.0 Å². The summed E-state index contributed by atoms with van der Waals surface area (Å²) < 4.78 is 27.4. The van der Waals surface area contributed by atoms with Crippen LogP contribution >= 0.6 is 11.8 Å². The molecule has 2 rings (SSSR count). The van der Waals surface area contributed by atoms with Gasteiger partial charge in [0.1, 0.15) is 0 Å². The van der Waals surface area contributed by atoms with E-state index in [0.717, 1.165) is 11.8 Å². The van der Waals surface area contributed by atoms with Gasteiger partial charge in [-0.05, 0) is 62.9 Å². The number of thioether (sulfide) groups is 1. The highest BCUT2D eigenvalue weighted by Crippen LogP contribution is 2.21. The van der Waals surface area contributed by atoms with Crippen LogP contribution in [0.1, 0.15) is 20.8 Å². The summed E-state index contributed by atoms with van der Waals surface area (Å²) in [5, 5.41) is 14.3. The van der Waals surface area contributed by atoms with E-state index in [4.69, 9.17) is 0 Å². The monoisotopic (exact) mass is 395 g/mol. The molecule has 1 unspecified atom stereocenters. The summed E-state index contributed by atoms with van der Waals surface area (Å²) in [6.45, 7) is 5.17. The van der Waals surface area contributed by atoms with Crippen LogP contribution in [-0.4, -0.2) is 25.6 Å². The van der Waals surface area contributed by atoms with Gasteiger partial charge in [-0.1, -0.05) is 0 Å². The van der Waals surface area contributed by atoms with Gasteiger partial charge in [-0.3, -0.25) is 4.79 Å². The standard InChI is InChI=1S/C17H21N3O4S2/c1-12(2)19-26(23,24)15-9-7-14(8-10-15)18-17(21)13(3)25-16-6-4-5-11-20(16)22/h4-13,19H,1-3H3,(H,18,21). The Hall–Kier alpha value is -2.10. The van der Waals surface area contributed by atoms with Gasteiger partial charge in [0, 0.05) is 23.9 Å². The van der Waals surface area contributed by atoms with Crippen molar-refractivity contribution in [3.63, 3.8) is 0 Å². The Morgan fingerprint density at radius 3 is 2.35 bits per heavy atom. The number of pyridine rings is 1. The molecular weight excluding hydrogens is 374 g/mol. The van der Waals surface area contributed by atoms with E-state index in [1.807, 2.05) is 0 Å². The van der Waals surface area contributed by atoms with Crippen LogP contribution in [0.3, 0.4) is 0 Å². The fraction of sp³-hybridized carbons (Fsp3) is 0.294. The number of sulfonamides is 1. The Morgan fingerprint density at radius 1 is 1.12 bits per heavy atom. The highest BCUT2D eigenvalue weighted by atomic mass is 32.2. The van der Waals surface area contributed by atoms with E-state index in [9.17, 15) is 18.4 Å². The Kier molecular flexibility index (Phi) is 6.63. The van der Waals surface area contributed by atoms with Crippen molar-refractivity contribution in [2.24, 2.45) is 0 Å². The van der Waals surface area contributed by atoms with E-state index < -0.39 is 15.3 Å². The molecule has 0 bridgehead atoms. The summed E-state index contributed by atoms with van der Waals surface area (Å²) in [6.07, 6.45) is 1.37. The molecule has 1 heterocycles. The molecule has 1 aromatic heterocycles. The van der Waals surface area contributed by atoms with Gasteiger partial charge in [0.15, 0.2) is 6.20 Å². The third kappa shape index (κ3) is 5.45. The first-order valence-corrected chi connectivity index (χ1v) is 10.3. The van der Waals surface area contributed by atoms with Crippen LogP contribution in [0, 0.1) is 5.21 Å². The van der Waals surface area contributed by atoms with Crippen LogP contribution in [-0.2, 0) is 14.8 Å². The number of benzene rings is 1. The minimum absolute atomic E-state index is 0.128. The van der Waals surface area contributed by atoms with E-state index in [-0.39, 0.29) is 16.8 Å². The lowest BCUT2D eigenvalue weighted by molar-refractivity contribution is -0.645. The van der Waals surface area contributed by atoms with E-state index in [1.165, 1.54) is 30.5 Å². The van der Waals surface area contributed by atoms with Gasteiger partial charge in [0.05, 0.1) is 10.1 Å². The van der Waals surface area contributed by atoms with Crippen LogP contribution in [0.2, 0.25) is 0 Å². The van der Waals surface area contributed by atoms with Crippen LogP contribution in [0.15, 0.2) is 58.6 Å². The molecule has 0 saturated carbocycles. The summed E-state index contributed by atoms with van der Waals surface area (Å²) in [6, 6.07) is 10.7. The molecule has 26 heavy (non-hydrogen) atoms. The van der Waals surface area contributed by atoms with Gasteiger partial charge in [-0.2, -0.15) is 4.73 Å². The molecule has 0 spiro atoms. The third-order valence-corrected chi connectivity index (χ3v) is 6.08. The molecular formula is C17H21N3O4S2. The fourth-order valence-electron chi connectivity index (χ4n) is 2.08. The van der Waals surface area contributed by atoms with Crippen LogP contribution in [0.25, 0.3) is 0 Å². The summed E-state index contributed by atoms with van der Waals surface area (Å²) in [4.78, 5) is 12.4. The first-order chi connectivity index (χ1) is 12.2. The van der Waals surface area contributed by atoms with Crippen molar-refractivity contribution < 1.29 is 17.9 Å². The Morgan fingerprint density at radius 2 is 1.77 bits per heavy atom. The lowest BCUT2D eigenvalue weighted by Gasteiger charge is -2.13.